The third-order valence-electron chi connectivity index (χ3n) is 2.55. The molecule has 3 heteroatoms. The number of fused-ring (bicyclic) bond motifs is 1. The Balaban J connectivity index is 2.52. The first-order chi connectivity index (χ1) is 6.59. The van der Waals surface area contributed by atoms with E-state index < -0.39 is 5.67 Å². The molecule has 0 fully saturated rings. The van der Waals surface area contributed by atoms with Crippen molar-refractivity contribution in [3.05, 3.63) is 28.2 Å². The van der Waals surface area contributed by atoms with Gasteiger partial charge in [0, 0.05) is 10.0 Å². The molecule has 0 bridgehead atoms. The summed E-state index contributed by atoms with van der Waals surface area (Å²) in [5.74, 6) is 0.677. The van der Waals surface area contributed by atoms with Crippen LogP contribution in [-0.2, 0) is 5.67 Å². The third kappa shape index (κ3) is 1.78. The number of rotatable bonds is 0. The summed E-state index contributed by atoms with van der Waals surface area (Å²) < 4.78 is 20.6. The van der Waals surface area contributed by atoms with Gasteiger partial charge in [-0.2, -0.15) is 0 Å². The summed E-state index contributed by atoms with van der Waals surface area (Å²) in [6.07, 6.45) is 1.29. The fraction of sp³-hybridized carbons (Fsp3) is 0.455. The van der Waals surface area contributed by atoms with Crippen LogP contribution in [0.3, 0.4) is 0 Å². The molecule has 1 aromatic carbocycles. The quantitative estimate of drug-likeness (QED) is 0.688. The van der Waals surface area contributed by atoms with Gasteiger partial charge in [-0.25, -0.2) is 4.39 Å². The largest absolute Gasteiger partial charge is 0.493 e. The van der Waals surface area contributed by atoms with Crippen LogP contribution in [0.5, 0.6) is 5.75 Å². The molecule has 2 rings (SSSR count). The first-order valence-corrected chi connectivity index (χ1v) is 5.51. The Morgan fingerprint density at radius 1 is 1.50 bits per heavy atom. The summed E-state index contributed by atoms with van der Waals surface area (Å²) in [7, 11) is 0. The maximum atomic E-state index is 14.2. The minimum Gasteiger partial charge on any atom is -0.493 e. The highest BCUT2D eigenvalue weighted by Crippen LogP contribution is 2.40. The van der Waals surface area contributed by atoms with Gasteiger partial charge in [-0.3, -0.25) is 0 Å². The van der Waals surface area contributed by atoms with Crippen LogP contribution in [0.2, 0.25) is 0 Å². The summed E-state index contributed by atoms with van der Waals surface area (Å²) in [6.45, 7) is 2.22. The Hall–Kier alpha value is -0.570. The third-order valence-corrected chi connectivity index (χ3v) is 3.04. The van der Waals surface area contributed by atoms with Gasteiger partial charge in [0.25, 0.3) is 0 Å². The van der Waals surface area contributed by atoms with E-state index in [1.807, 2.05) is 12.1 Å². The molecule has 14 heavy (non-hydrogen) atoms. The maximum Gasteiger partial charge on any atom is 0.136 e. The van der Waals surface area contributed by atoms with Crippen LogP contribution in [0.15, 0.2) is 22.7 Å². The van der Waals surface area contributed by atoms with Gasteiger partial charge in [0.15, 0.2) is 0 Å². The first kappa shape index (κ1) is 9.97. The molecule has 0 aliphatic carbocycles. The minimum atomic E-state index is -1.27. The standard InChI is InChI=1S/C11H12BrFO/c1-11(13)5-2-6-14-10-4-3-8(12)7-9(10)11/h3-4,7H,2,5-6H2,1H3. The maximum absolute atomic E-state index is 14.2. The van der Waals surface area contributed by atoms with Crippen LogP contribution in [0, 0.1) is 0 Å². The van der Waals surface area contributed by atoms with E-state index in [0.717, 1.165) is 10.9 Å². The number of benzene rings is 1. The second-order valence-electron chi connectivity index (χ2n) is 3.79. The molecule has 1 atom stereocenters. The molecule has 0 radical (unpaired) electrons. The van der Waals surface area contributed by atoms with Crippen molar-refractivity contribution in [3.8, 4) is 5.75 Å². The molecule has 0 saturated carbocycles. The summed E-state index contributed by atoms with van der Waals surface area (Å²) in [4.78, 5) is 0. The van der Waals surface area contributed by atoms with Crippen molar-refractivity contribution < 1.29 is 9.13 Å². The van der Waals surface area contributed by atoms with Crippen LogP contribution in [-0.4, -0.2) is 6.61 Å². The SMILES string of the molecule is CC1(F)CCCOc2ccc(Br)cc21. The van der Waals surface area contributed by atoms with E-state index in [2.05, 4.69) is 15.9 Å². The van der Waals surface area contributed by atoms with Gasteiger partial charge in [-0.05, 0) is 38.0 Å². The predicted octanol–water partition coefficient (Wildman–Crippen LogP) is 3.81. The lowest BCUT2D eigenvalue weighted by molar-refractivity contribution is 0.176. The molecule has 1 aliphatic heterocycles. The number of ether oxygens (including phenoxy) is 1. The monoisotopic (exact) mass is 258 g/mol. The fourth-order valence-electron chi connectivity index (χ4n) is 1.76. The van der Waals surface area contributed by atoms with E-state index in [1.165, 1.54) is 0 Å². The summed E-state index contributed by atoms with van der Waals surface area (Å²) in [5, 5.41) is 0. The van der Waals surface area contributed by atoms with Crippen molar-refractivity contribution in [1.82, 2.24) is 0 Å². The molecular formula is C11H12BrFO. The zero-order valence-corrected chi connectivity index (χ0v) is 9.60. The molecule has 1 unspecified atom stereocenters. The second kappa shape index (κ2) is 3.54. The average molecular weight is 259 g/mol. The molecule has 0 amide bonds. The highest BCUT2D eigenvalue weighted by molar-refractivity contribution is 9.10. The van der Waals surface area contributed by atoms with Gasteiger partial charge in [-0.15, -0.1) is 0 Å². The number of alkyl halides is 1. The molecule has 1 nitrogen and oxygen atoms in total. The zero-order valence-electron chi connectivity index (χ0n) is 8.02. The molecule has 1 aromatic rings. The smallest absolute Gasteiger partial charge is 0.136 e. The summed E-state index contributed by atoms with van der Waals surface area (Å²) in [6, 6.07) is 5.50. The van der Waals surface area contributed by atoms with E-state index in [0.29, 0.717) is 24.3 Å². The number of hydrogen-bond acceptors (Lipinski definition) is 1. The van der Waals surface area contributed by atoms with Crippen molar-refractivity contribution in [1.29, 1.82) is 0 Å². The van der Waals surface area contributed by atoms with Gasteiger partial charge in [0.05, 0.1) is 6.61 Å². The Morgan fingerprint density at radius 3 is 3.07 bits per heavy atom. The fourth-order valence-corrected chi connectivity index (χ4v) is 2.12. The molecule has 76 valence electrons. The van der Waals surface area contributed by atoms with Crippen molar-refractivity contribution in [2.24, 2.45) is 0 Å². The topological polar surface area (TPSA) is 9.23 Å². The van der Waals surface area contributed by atoms with Gasteiger partial charge < -0.3 is 4.74 Å². The summed E-state index contributed by atoms with van der Waals surface area (Å²) >= 11 is 3.35. The number of halogens is 2. The zero-order chi connectivity index (χ0) is 10.2. The molecular weight excluding hydrogens is 247 g/mol. The lowest BCUT2D eigenvalue weighted by Gasteiger charge is -2.19. The molecule has 1 heterocycles. The van der Waals surface area contributed by atoms with Crippen molar-refractivity contribution >= 4 is 15.9 Å². The molecule has 0 N–H and O–H groups in total. The van der Waals surface area contributed by atoms with Gasteiger partial charge in [0.1, 0.15) is 11.4 Å². The second-order valence-corrected chi connectivity index (χ2v) is 4.71. The van der Waals surface area contributed by atoms with Crippen LogP contribution in [0.25, 0.3) is 0 Å². The first-order valence-electron chi connectivity index (χ1n) is 4.71. The van der Waals surface area contributed by atoms with Gasteiger partial charge >= 0.3 is 0 Å². The number of hydrogen-bond donors (Lipinski definition) is 0. The highest BCUT2D eigenvalue weighted by atomic mass is 79.9. The lowest BCUT2D eigenvalue weighted by atomic mass is 9.93. The Bertz CT molecular complexity index is 349. The minimum absolute atomic E-state index is 0.524. The van der Waals surface area contributed by atoms with Crippen LogP contribution in [0.4, 0.5) is 4.39 Å². The van der Waals surface area contributed by atoms with Crippen LogP contribution < -0.4 is 4.74 Å². The Morgan fingerprint density at radius 2 is 2.29 bits per heavy atom. The van der Waals surface area contributed by atoms with E-state index >= 15 is 0 Å². The van der Waals surface area contributed by atoms with Crippen molar-refractivity contribution in [3.63, 3.8) is 0 Å². The normalized spacial score (nSPS) is 26.2. The van der Waals surface area contributed by atoms with Gasteiger partial charge in [0.2, 0.25) is 0 Å². The predicted molar refractivity (Wildman–Crippen MR) is 57.3 cm³/mol. The molecule has 0 aromatic heterocycles. The highest BCUT2D eigenvalue weighted by Gasteiger charge is 2.31. The van der Waals surface area contributed by atoms with E-state index in [9.17, 15) is 4.39 Å². The van der Waals surface area contributed by atoms with E-state index in [1.54, 1.807) is 13.0 Å². The van der Waals surface area contributed by atoms with Gasteiger partial charge in [-0.1, -0.05) is 15.9 Å². The Labute approximate surface area is 91.4 Å². The van der Waals surface area contributed by atoms with Crippen LogP contribution >= 0.6 is 15.9 Å². The van der Waals surface area contributed by atoms with Crippen LogP contribution in [0.1, 0.15) is 25.3 Å². The van der Waals surface area contributed by atoms with E-state index in [-0.39, 0.29) is 0 Å². The summed E-state index contributed by atoms with van der Waals surface area (Å²) in [5.41, 5.74) is -0.611. The van der Waals surface area contributed by atoms with E-state index in [4.69, 9.17) is 4.74 Å². The van der Waals surface area contributed by atoms with Crippen molar-refractivity contribution in [2.75, 3.05) is 6.61 Å². The Kier molecular flexibility index (Phi) is 2.52. The molecule has 0 saturated heterocycles. The lowest BCUT2D eigenvalue weighted by Crippen LogP contribution is -2.13. The average Bonchev–Trinajstić information content (AvgIpc) is 2.26. The molecule has 1 aliphatic rings. The van der Waals surface area contributed by atoms with Crippen molar-refractivity contribution in [2.45, 2.75) is 25.4 Å². The molecule has 0 spiro atoms.